The Balaban J connectivity index is 1.69. The summed E-state index contributed by atoms with van der Waals surface area (Å²) in [6, 6.07) is 11.5. The first kappa shape index (κ1) is 15.3. The first-order valence-electron chi connectivity index (χ1n) is 7.78. The van der Waals surface area contributed by atoms with E-state index in [-0.39, 0.29) is 0 Å². The van der Waals surface area contributed by atoms with Gasteiger partial charge in [-0.3, -0.25) is 5.43 Å². The molecular weight excluding hydrogens is 318 g/mol. The van der Waals surface area contributed by atoms with Crippen LogP contribution in [0.4, 0.5) is 5.69 Å². The van der Waals surface area contributed by atoms with Gasteiger partial charge in [0.2, 0.25) is 0 Å². The molecule has 0 fully saturated rings. The summed E-state index contributed by atoms with van der Waals surface area (Å²) in [6.07, 6.45) is 2.07. The number of hydrazone groups is 1. The lowest BCUT2D eigenvalue weighted by molar-refractivity contribution is 0.355. The van der Waals surface area contributed by atoms with Crippen LogP contribution in [0.25, 0.3) is 6.08 Å². The summed E-state index contributed by atoms with van der Waals surface area (Å²) in [5.74, 6) is 2.83. The van der Waals surface area contributed by atoms with Crippen LogP contribution in [0.3, 0.4) is 0 Å². The summed E-state index contributed by atoms with van der Waals surface area (Å²) in [5, 5.41) is 4.42. The standard InChI is InChI=1S/C19H17N3O3/c1-23-13-5-6-14-11(8-13)9-15-18(14)21-22-19(15)20-12-4-7-16(24-2)17(10-12)25-3/h4-10H,1-3H3,(H,20,22). The molecule has 0 saturated heterocycles. The number of nitrogens with one attached hydrogen (secondary N) is 1. The average molecular weight is 335 g/mol. The van der Waals surface area contributed by atoms with Crippen molar-refractivity contribution in [1.29, 1.82) is 0 Å². The van der Waals surface area contributed by atoms with Gasteiger partial charge in [0.05, 0.1) is 27.0 Å². The summed E-state index contributed by atoms with van der Waals surface area (Å²) >= 11 is 0. The van der Waals surface area contributed by atoms with Gasteiger partial charge in [-0.15, -0.1) is 0 Å². The Morgan fingerprint density at radius 3 is 2.52 bits per heavy atom. The second kappa shape index (κ2) is 5.98. The first-order valence-corrected chi connectivity index (χ1v) is 7.78. The summed E-state index contributed by atoms with van der Waals surface area (Å²) in [4.78, 5) is 4.67. The number of hydrogen-bond acceptors (Lipinski definition) is 5. The molecule has 0 atom stereocenters. The van der Waals surface area contributed by atoms with E-state index in [1.165, 1.54) is 0 Å². The van der Waals surface area contributed by atoms with Crippen molar-refractivity contribution in [3.63, 3.8) is 0 Å². The van der Waals surface area contributed by atoms with Crippen molar-refractivity contribution >= 4 is 23.3 Å². The number of ether oxygens (including phenoxy) is 3. The molecule has 2 aromatic carbocycles. The highest BCUT2D eigenvalue weighted by Crippen LogP contribution is 2.34. The summed E-state index contributed by atoms with van der Waals surface area (Å²) in [5.41, 5.74) is 7.78. The molecule has 1 aliphatic heterocycles. The van der Waals surface area contributed by atoms with E-state index in [1.807, 2.05) is 36.4 Å². The Bertz CT molecular complexity index is 945. The van der Waals surface area contributed by atoms with E-state index in [9.17, 15) is 0 Å². The molecule has 2 aromatic rings. The van der Waals surface area contributed by atoms with Crippen LogP contribution >= 0.6 is 0 Å². The number of nitrogens with zero attached hydrogens (tertiary/aromatic N) is 2. The lowest BCUT2D eigenvalue weighted by Gasteiger charge is -2.08. The topological polar surface area (TPSA) is 64.4 Å². The SMILES string of the molecule is COc1ccc2c(c1)C=C1C(=Nc3ccc(OC)c(OC)c3)NN=C12. The quantitative estimate of drug-likeness (QED) is 0.932. The van der Waals surface area contributed by atoms with Gasteiger partial charge in [0.1, 0.15) is 11.5 Å². The van der Waals surface area contributed by atoms with Crippen LogP contribution in [-0.2, 0) is 0 Å². The van der Waals surface area contributed by atoms with E-state index in [1.54, 1.807) is 21.3 Å². The Hall–Kier alpha value is -3.28. The first-order chi connectivity index (χ1) is 12.2. The third kappa shape index (κ3) is 2.52. The number of fused-ring (bicyclic) bond motifs is 3. The molecular formula is C19H17N3O3. The Morgan fingerprint density at radius 2 is 1.76 bits per heavy atom. The van der Waals surface area contributed by atoms with Gasteiger partial charge in [0.15, 0.2) is 17.3 Å². The molecule has 0 saturated carbocycles. The minimum Gasteiger partial charge on any atom is -0.497 e. The van der Waals surface area contributed by atoms with Crippen LogP contribution < -0.4 is 19.6 Å². The van der Waals surface area contributed by atoms with Gasteiger partial charge in [-0.1, -0.05) is 0 Å². The molecule has 0 amide bonds. The Labute approximate surface area is 145 Å². The fraction of sp³-hybridized carbons (Fsp3) is 0.158. The van der Waals surface area contributed by atoms with E-state index >= 15 is 0 Å². The molecule has 1 aliphatic carbocycles. The normalized spacial score (nSPS) is 15.9. The fourth-order valence-electron chi connectivity index (χ4n) is 2.95. The molecule has 0 aromatic heterocycles. The van der Waals surface area contributed by atoms with Crippen LogP contribution in [-0.4, -0.2) is 32.9 Å². The fourth-order valence-corrected chi connectivity index (χ4v) is 2.95. The highest BCUT2D eigenvalue weighted by Gasteiger charge is 2.29. The molecule has 0 spiro atoms. The van der Waals surface area contributed by atoms with Crippen molar-refractivity contribution < 1.29 is 14.2 Å². The number of benzene rings is 2. The molecule has 25 heavy (non-hydrogen) atoms. The average Bonchev–Trinajstić information content (AvgIpc) is 3.20. The van der Waals surface area contributed by atoms with Crippen LogP contribution in [0.1, 0.15) is 11.1 Å². The van der Waals surface area contributed by atoms with Crippen molar-refractivity contribution in [2.24, 2.45) is 10.1 Å². The molecule has 1 heterocycles. The summed E-state index contributed by atoms with van der Waals surface area (Å²) in [7, 11) is 4.87. The molecule has 6 nitrogen and oxygen atoms in total. The number of amidine groups is 1. The maximum absolute atomic E-state index is 5.33. The molecule has 0 unspecified atom stereocenters. The third-order valence-electron chi connectivity index (χ3n) is 4.21. The smallest absolute Gasteiger partial charge is 0.162 e. The van der Waals surface area contributed by atoms with Gasteiger partial charge >= 0.3 is 0 Å². The zero-order valence-electron chi connectivity index (χ0n) is 14.2. The highest BCUT2D eigenvalue weighted by atomic mass is 16.5. The van der Waals surface area contributed by atoms with Crippen molar-refractivity contribution in [3.8, 4) is 17.2 Å². The summed E-state index contributed by atoms with van der Waals surface area (Å²) in [6.45, 7) is 0. The van der Waals surface area contributed by atoms with Crippen LogP contribution in [0.2, 0.25) is 0 Å². The van der Waals surface area contributed by atoms with Crippen molar-refractivity contribution in [3.05, 3.63) is 53.1 Å². The molecule has 2 aliphatic rings. The Kier molecular flexibility index (Phi) is 3.65. The van der Waals surface area contributed by atoms with E-state index in [0.717, 1.165) is 33.8 Å². The van der Waals surface area contributed by atoms with Crippen molar-refractivity contribution in [2.45, 2.75) is 0 Å². The summed E-state index contributed by atoms with van der Waals surface area (Å²) < 4.78 is 15.9. The monoisotopic (exact) mass is 335 g/mol. The number of hydrogen-bond donors (Lipinski definition) is 1. The predicted molar refractivity (Wildman–Crippen MR) is 97.3 cm³/mol. The largest absolute Gasteiger partial charge is 0.497 e. The number of aliphatic imine (C=N–C) groups is 1. The second-order valence-electron chi connectivity index (χ2n) is 5.58. The van der Waals surface area contributed by atoms with Crippen LogP contribution in [0, 0.1) is 0 Å². The van der Waals surface area contributed by atoms with Gasteiger partial charge in [-0.05, 0) is 42.0 Å². The maximum atomic E-state index is 5.33. The zero-order valence-corrected chi connectivity index (χ0v) is 14.2. The van der Waals surface area contributed by atoms with Gasteiger partial charge in [0, 0.05) is 17.2 Å². The number of rotatable bonds is 4. The van der Waals surface area contributed by atoms with Gasteiger partial charge in [-0.25, -0.2) is 4.99 Å². The zero-order chi connectivity index (χ0) is 17.4. The van der Waals surface area contributed by atoms with E-state index < -0.39 is 0 Å². The molecule has 0 bridgehead atoms. The Morgan fingerprint density at radius 1 is 0.920 bits per heavy atom. The minimum absolute atomic E-state index is 0.636. The van der Waals surface area contributed by atoms with Crippen LogP contribution in [0.5, 0.6) is 17.2 Å². The van der Waals surface area contributed by atoms with E-state index in [0.29, 0.717) is 17.3 Å². The highest BCUT2D eigenvalue weighted by molar-refractivity contribution is 6.38. The third-order valence-corrected chi connectivity index (χ3v) is 4.21. The van der Waals surface area contributed by atoms with Crippen LogP contribution in [0.15, 0.2) is 52.1 Å². The molecule has 4 rings (SSSR count). The molecule has 1 N–H and O–H groups in total. The van der Waals surface area contributed by atoms with E-state index in [2.05, 4.69) is 21.6 Å². The van der Waals surface area contributed by atoms with Gasteiger partial charge in [0.25, 0.3) is 0 Å². The molecule has 0 radical (unpaired) electrons. The lowest BCUT2D eigenvalue weighted by Crippen LogP contribution is -2.12. The molecule has 6 heteroatoms. The van der Waals surface area contributed by atoms with Crippen molar-refractivity contribution in [2.75, 3.05) is 21.3 Å². The predicted octanol–water partition coefficient (Wildman–Crippen LogP) is 3.15. The molecule has 126 valence electrons. The number of methoxy groups -OCH3 is 3. The van der Waals surface area contributed by atoms with Crippen molar-refractivity contribution in [1.82, 2.24) is 5.43 Å². The second-order valence-corrected chi connectivity index (χ2v) is 5.58. The maximum Gasteiger partial charge on any atom is 0.162 e. The van der Waals surface area contributed by atoms with Gasteiger partial charge in [-0.2, -0.15) is 5.10 Å². The van der Waals surface area contributed by atoms with E-state index in [4.69, 9.17) is 14.2 Å². The lowest BCUT2D eigenvalue weighted by atomic mass is 10.1. The van der Waals surface area contributed by atoms with Gasteiger partial charge < -0.3 is 14.2 Å². The minimum atomic E-state index is 0.636.